The number of benzene rings is 1. The maximum absolute atomic E-state index is 12.7. The van der Waals surface area contributed by atoms with Gasteiger partial charge in [0.25, 0.3) is 5.91 Å². The van der Waals surface area contributed by atoms with Gasteiger partial charge in [-0.05, 0) is 48.8 Å². The largest absolute Gasteiger partial charge is 0.327 e. The van der Waals surface area contributed by atoms with Crippen molar-refractivity contribution in [3.63, 3.8) is 0 Å². The Bertz CT molecular complexity index is 761. The molecule has 6 heteroatoms. The number of nitrogens with two attached hydrogens (primary N) is 1. The molecule has 2 unspecified atom stereocenters. The Kier molecular flexibility index (Phi) is 4.53. The molecule has 0 spiro atoms. The quantitative estimate of drug-likeness (QED) is 0.804. The molecule has 1 aromatic rings. The van der Waals surface area contributed by atoms with Crippen LogP contribution in [0.2, 0.25) is 0 Å². The lowest BCUT2D eigenvalue weighted by Gasteiger charge is -2.29. The molecule has 3 aliphatic rings. The summed E-state index contributed by atoms with van der Waals surface area (Å²) in [5.41, 5.74) is 9.13. The Morgan fingerprint density at radius 3 is 2.69 bits per heavy atom. The lowest BCUT2D eigenvalue weighted by molar-refractivity contribution is -0.136. The van der Waals surface area contributed by atoms with Gasteiger partial charge in [-0.15, -0.1) is 0 Å². The van der Waals surface area contributed by atoms with Crippen LogP contribution in [0.5, 0.6) is 0 Å². The first kappa shape index (κ1) is 17.2. The number of hydrogen-bond acceptors (Lipinski definition) is 4. The third-order valence-electron chi connectivity index (χ3n) is 6.05. The van der Waals surface area contributed by atoms with E-state index < -0.39 is 6.04 Å². The molecule has 3 atom stereocenters. The van der Waals surface area contributed by atoms with E-state index in [4.69, 9.17) is 5.73 Å². The van der Waals surface area contributed by atoms with Gasteiger partial charge in [-0.25, -0.2) is 0 Å². The molecule has 1 aliphatic carbocycles. The zero-order valence-electron chi connectivity index (χ0n) is 14.9. The molecule has 6 nitrogen and oxygen atoms in total. The number of rotatable bonds is 3. The third kappa shape index (κ3) is 3.14. The summed E-state index contributed by atoms with van der Waals surface area (Å²) in [6, 6.07) is 5.71. The fourth-order valence-electron chi connectivity index (χ4n) is 4.55. The number of amides is 3. The molecule has 1 saturated heterocycles. The van der Waals surface area contributed by atoms with Gasteiger partial charge in [-0.2, -0.15) is 0 Å². The highest BCUT2D eigenvalue weighted by Crippen LogP contribution is 2.31. The van der Waals surface area contributed by atoms with Gasteiger partial charge in [0.2, 0.25) is 11.8 Å². The first-order chi connectivity index (χ1) is 12.5. The normalized spacial score (nSPS) is 28.9. The van der Waals surface area contributed by atoms with Gasteiger partial charge in [-0.3, -0.25) is 19.7 Å². The van der Waals surface area contributed by atoms with E-state index in [9.17, 15) is 14.4 Å². The maximum atomic E-state index is 12.7. The van der Waals surface area contributed by atoms with Crippen LogP contribution in [0.4, 0.5) is 0 Å². The number of nitrogens with zero attached hydrogens (tertiary/aromatic N) is 1. The van der Waals surface area contributed by atoms with Gasteiger partial charge in [-0.1, -0.05) is 25.0 Å². The Morgan fingerprint density at radius 1 is 1.12 bits per heavy atom. The van der Waals surface area contributed by atoms with Crippen molar-refractivity contribution in [1.82, 2.24) is 10.2 Å². The van der Waals surface area contributed by atoms with Crippen molar-refractivity contribution in [2.45, 2.75) is 63.6 Å². The molecular formula is C20H25N3O3. The molecule has 0 radical (unpaired) electrons. The van der Waals surface area contributed by atoms with Gasteiger partial charge in [0.1, 0.15) is 6.04 Å². The van der Waals surface area contributed by atoms with Crippen LogP contribution in [-0.4, -0.2) is 34.7 Å². The van der Waals surface area contributed by atoms with Crippen LogP contribution in [0.15, 0.2) is 18.2 Å². The fourth-order valence-corrected chi connectivity index (χ4v) is 4.55. The topological polar surface area (TPSA) is 92.5 Å². The summed E-state index contributed by atoms with van der Waals surface area (Å²) in [6.07, 6.45) is 6.34. The lowest BCUT2D eigenvalue weighted by Crippen LogP contribution is -2.52. The van der Waals surface area contributed by atoms with Gasteiger partial charge >= 0.3 is 0 Å². The number of hydrogen-bond donors (Lipinski definition) is 2. The summed E-state index contributed by atoms with van der Waals surface area (Å²) >= 11 is 0. The van der Waals surface area contributed by atoms with Gasteiger partial charge in [0.05, 0.1) is 0 Å². The summed E-state index contributed by atoms with van der Waals surface area (Å²) in [6.45, 7) is 0.436. The van der Waals surface area contributed by atoms with E-state index in [1.165, 1.54) is 24.8 Å². The molecule has 0 bridgehead atoms. The van der Waals surface area contributed by atoms with Crippen molar-refractivity contribution in [2.24, 2.45) is 11.7 Å². The van der Waals surface area contributed by atoms with E-state index >= 15 is 0 Å². The molecule has 138 valence electrons. The highest BCUT2D eigenvalue weighted by molar-refractivity contribution is 6.05. The van der Waals surface area contributed by atoms with Gasteiger partial charge in [0, 0.05) is 24.6 Å². The summed E-state index contributed by atoms with van der Waals surface area (Å²) < 4.78 is 0. The zero-order valence-corrected chi connectivity index (χ0v) is 14.9. The summed E-state index contributed by atoms with van der Waals surface area (Å²) in [5, 5.41) is 2.34. The van der Waals surface area contributed by atoms with Crippen LogP contribution < -0.4 is 11.1 Å². The highest BCUT2D eigenvalue weighted by atomic mass is 16.2. The van der Waals surface area contributed by atoms with Crippen molar-refractivity contribution in [1.29, 1.82) is 0 Å². The Hall–Kier alpha value is -2.21. The predicted octanol–water partition coefficient (Wildman–Crippen LogP) is 1.51. The average molecular weight is 355 g/mol. The van der Waals surface area contributed by atoms with E-state index in [-0.39, 0.29) is 30.2 Å². The summed E-state index contributed by atoms with van der Waals surface area (Å²) in [4.78, 5) is 37.8. The maximum Gasteiger partial charge on any atom is 0.255 e. The Morgan fingerprint density at radius 2 is 1.92 bits per heavy atom. The second-order valence-corrected chi connectivity index (χ2v) is 7.80. The predicted molar refractivity (Wildman–Crippen MR) is 96.1 cm³/mol. The smallest absolute Gasteiger partial charge is 0.255 e. The number of carbonyl (C=O) groups is 3. The van der Waals surface area contributed by atoms with Crippen molar-refractivity contribution in [3.8, 4) is 0 Å². The molecule has 1 saturated carbocycles. The first-order valence-corrected chi connectivity index (χ1v) is 9.55. The van der Waals surface area contributed by atoms with Crippen molar-refractivity contribution in [2.75, 3.05) is 0 Å². The number of piperidine rings is 1. The highest BCUT2D eigenvalue weighted by Gasteiger charge is 2.39. The van der Waals surface area contributed by atoms with Crippen molar-refractivity contribution < 1.29 is 14.4 Å². The van der Waals surface area contributed by atoms with Crippen molar-refractivity contribution >= 4 is 17.7 Å². The molecule has 0 aromatic heterocycles. The summed E-state index contributed by atoms with van der Waals surface area (Å²) in [7, 11) is 0. The number of nitrogens with one attached hydrogen (secondary N) is 1. The molecule has 3 amide bonds. The van der Waals surface area contributed by atoms with E-state index in [0.717, 1.165) is 18.4 Å². The van der Waals surface area contributed by atoms with Crippen LogP contribution in [-0.2, 0) is 22.6 Å². The summed E-state index contributed by atoms with van der Waals surface area (Å²) in [5.74, 6) is -0.238. The van der Waals surface area contributed by atoms with Crippen LogP contribution in [0, 0.1) is 5.92 Å². The van der Waals surface area contributed by atoms with E-state index in [1.807, 2.05) is 12.1 Å². The minimum Gasteiger partial charge on any atom is -0.327 e. The fraction of sp³-hybridized carbons (Fsp3) is 0.550. The van der Waals surface area contributed by atoms with E-state index in [2.05, 4.69) is 11.4 Å². The molecule has 2 heterocycles. The van der Waals surface area contributed by atoms with Crippen molar-refractivity contribution in [3.05, 3.63) is 34.9 Å². The molecule has 4 rings (SSSR count). The minimum atomic E-state index is -0.553. The molecule has 1 aromatic carbocycles. The van der Waals surface area contributed by atoms with E-state index in [1.54, 1.807) is 4.90 Å². The lowest BCUT2D eigenvalue weighted by atomic mass is 9.81. The standard InChI is InChI=1S/C20H25N3O3/c21-16-4-2-1-3-13(16)9-12-5-6-15-14(10-12)11-23(20(15)26)17-7-8-18(24)22-19(17)25/h5-6,10,13,16-17H,1-4,7-9,11,21H2,(H,22,24,25)/t13-,16?,17?/m1/s1. The van der Waals surface area contributed by atoms with Gasteiger partial charge < -0.3 is 10.6 Å². The molecule has 3 N–H and O–H groups in total. The molecular weight excluding hydrogens is 330 g/mol. The molecule has 2 aliphatic heterocycles. The Balaban J connectivity index is 1.49. The molecule has 26 heavy (non-hydrogen) atoms. The minimum absolute atomic E-state index is 0.115. The molecule has 2 fully saturated rings. The van der Waals surface area contributed by atoms with Crippen LogP contribution in [0.3, 0.4) is 0 Å². The number of fused-ring (bicyclic) bond motifs is 1. The number of imide groups is 1. The van der Waals surface area contributed by atoms with E-state index in [0.29, 0.717) is 24.4 Å². The number of carbonyl (C=O) groups excluding carboxylic acids is 3. The first-order valence-electron chi connectivity index (χ1n) is 9.55. The average Bonchev–Trinajstić information content (AvgIpc) is 2.93. The second-order valence-electron chi connectivity index (χ2n) is 7.80. The monoisotopic (exact) mass is 355 g/mol. The van der Waals surface area contributed by atoms with Gasteiger partial charge in [0.15, 0.2) is 0 Å². The van der Waals surface area contributed by atoms with Crippen LogP contribution in [0.25, 0.3) is 0 Å². The Labute approximate surface area is 153 Å². The van der Waals surface area contributed by atoms with Crippen LogP contribution >= 0.6 is 0 Å². The van der Waals surface area contributed by atoms with Crippen LogP contribution in [0.1, 0.15) is 60.0 Å². The zero-order chi connectivity index (χ0) is 18.3. The second kappa shape index (κ2) is 6.83. The SMILES string of the molecule is NC1CCCC[C@@H]1Cc1ccc2c(c1)CN(C1CCC(=O)NC1=O)C2=O. The third-order valence-corrected chi connectivity index (χ3v) is 6.05.